The van der Waals surface area contributed by atoms with E-state index in [1.165, 1.54) is 32.2 Å². The highest BCUT2D eigenvalue weighted by molar-refractivity contribution is 5.67. The maximum Gasteiger partial charge on any atom is 0.409 e. The van der Waals surface area contributed by atoms with Crippen LogP contribution >= 0.6 is 0 Å². The molecule has 4 heterocycles. The van der Waals surface area contributed by atoms with Crippen LogP contribution in [-0.2, 0) is 4.74 Å². The van der Waals surface area contributed by atoms with Gasteiger partial charge in [0.15, 0.2) is 0 Å². The van der Waals surface area contributed by atoms with Gasteiger partial charge in [0, 0.05) is 31.2 Å². The molecule has 3 aliphatic rings. The molecule has 150 valence electrons. The van der Waals surface area contributed by atoms with Crippen molar-refractivity contribution < 1.29 is 14.1 Å². The SMILES string of the molecule is CCOC(=O)N1CCC(N2CCC(N3CCCC3c3ccon3)CC2)CC1. The fourth-order valence-electron chi connectivity index (χ4n) is 5.15. The molecule has 1 aromatic heterocycles. The molecule has 27 heavy (non-hydrogen) atoms. The van der Waals surface area contributed by atoms with Crippen molar-refractivity contribution in [2.45, 2.75) is 63.6 Å². The Labute approximate surface area is 161 Å². The maximum absolute atomic E-state index is 11.9. The number of rotatable bonds is 4. The van der Waals surface area contributed by atoms with Crippen molar-refractivity contribution in [3.05, 3.63) is 18.0 Å². The van der Waals surface area contributed by atoms with Crippen LogP contribution in [0, 0.1) is 0 Å². The van der Waals surface area contributed by atoms with Crippen molar-refractivity contribution in [3.63, 3.8) is 0 Å². The summed E-state index contributed by atoms with van der Waals surface area (Å²) in [6.07, 6.45) is 8.57. The smallest absolute Gasteiger partial charge is 0.409 e. The Morgan fingerprint density at radius 3 is 2.52 bits per heavy atom. The molecule has 1 aromatic rings. The van der Waals surface area contributed by atoms with Crippen molar-refractivity contribution in [1.82, 2.24) is 19.9 Å². The summed E-state index contributed by atoms with van der Waals surface area (Å²) < 4.78 is 10.2. The molecule has 1 atom stereocenters. The van der Waals surface area contributed by atoms with Crippen molar-refractivity contribution in [1.29, 1.82) is 0 Å². The molecule has 1 amide bonds. The van der Waals surface area contributed by atoms with Gasteiger partial charge in [0.2, 0.25) is 0 Å². The minimum atomic E-state index is -0.150. The molecule has 7 heteroatoms. The van der Waals surface area contributed by atoms with Crippen LogP contribution in [0.2, 0.25) is 0 Å². The third-order valence-corrected chi connectivity index (χ3v) is 6.57. The molecule has 4 rings (SSSR count). The summed E-state index contributed by atoms with van der Waals surface area (Å²) in [5.41, 5.74) is 1.10. The van der Waals surface area contributed by atoms with Crippen LogP contribution in [0.25, 0.3) is 0 Å². The van der Waals surface area contributed by atoms with E-state index < -0.39 is 0 Å². The molecular formula is C20H32N4O3. The summed E-state index contributed by atoms with van der Waals surface area (Å²) in [6.45, 7) is 7.47. The lowest BCUT2D eigenvalue weighted by molar-refractivity contribution is 0.0441. The molecule has 7 nitrogen and oxygen atoms in total. The van der Waals surface area contributed by atoms with Crippen LogP contribution in [0.3, 0.4) is 0 Å². The third-order valence-electron chi connectivity index (χ3n) is 6.57. The Morgan fingerprint density at radius 1 is 1.11 bits per heavy atom. The molecule has 0 bridgehead atoms. The number of hydrogen-bond donors (Lipinski definition) is 0. The number of nitrogens with zero attached hydrogens (tertiary/aromatic N) is 4. The van der Waals surface area contributed by atoms with Crippen LogP contribution in [-0.4, -0.2) is 77.4 Å². The number of amides is 1. The number of carbonyl (C=O) groups excluding carboxylic acids is 1. The van der Waals surface area contributed by atoms with E-state index in [2.05, 4.69) is 15.0 Å². The van der Waals surface area contributed by atoms with Crippen LogP contribution in [0.1, 0.15) is 57.2 Å². The average Bonchev–Trinajstić information content (AvgIpc) is 3.40. The highest BCUT2D eigenvalue weighted by Gasteiger charge is 2.36. The zero-order valence-electron chi connectivity index (χ0n) is 16.4. The number of likely N-dealkylation sites (tertiary alicyclic amines) is 3. The Balaban J connectivity index is 1.25. The molecular weight excluding hydrogens is 344 g/mol. The number of piperidine rings is 2. The first kappa shape index (κ1) is 18.7. The van der Waals surface area contributed by atoms with Crippen LogP contribution in [0.5, 0.6) is 0 Å². The van der Waals surface area contributed by atoms with Gasteiger partial charge in [-0.2, -0.15) is 0 Å². The standard InChI is InChI=1S/C20H32N4O3/c1-2-26-20(25)23-13-5-16(6-14-23)22-11-7-17(8-12-22)24-10-3-4-19(24)18-9-15-27-21-18/h9,15-17,19H,2-8,10-14H2,1H3. The van der Waals surface area contributed by atoms with E-state index >= 15 is 0 Å². The second kappa shape index (κ2) is 8.61. The first-order valence-corrected chi connectivity index (χ1v) is 10.6. The summed E-state index contributed by atoms with van der Waals surface area (Å²) in [7, 11) is 0. The van der Waals surface area contributed by atoms with Crippen molar-refractivity contribution in [2.24, 2.45) is 0 Å². The van der Waals surface area contributed by atoms with E-state index in [0.717, 1.165) is 44.7 Å². The first-order chi connectivity index (χ1) is 13.3. The largest absolute Gasteiger partial charge is 0.450 e. The molecule has 3 aliphatic heterocycles. The van der Waals surface area contributed by atoms with Gasteiger partial charge in [-0.15, -0.1) is 0 Å². The fraction of sp³-hybridized carbons (Fsp3) is 0.800. The normalized spacial score (nSPS) is 26.6. The predicted octanol–water partition coefficient (Wildman–Crippen LogP) is 2.90. The highest BCUT2D eigenvalue weighted by Crippen LogP contribution is 2.36. The minimum Gasteiger partial charge on any atom is -0.450 e. The molecule has 0 N–H and O–H groups in total. The van der Waals surface area contributed by atoms with Gasteiger partial charge >= 0.3 is 6.09 Å². The van der Waals surface area contributed by atoms with E-state index in [0.29, 0.717) is 24.7 Å². The second-order valence-electron chi connectivity index (χ2n) is 8.00. The van der Waals surface area contributed by atoms with E-state index in [9.17, 15) is 4.79 Å². The summed E-state index contributed by atoms with van der Waals surface area (Å²) in [6, 6.07) is 3.73. The molecule has 0 radical (unpaired) electrons. The van der Waals surface area contributed by atoms with Crippen molar-refractivity contribution >= 4 is 6.09 Å². The van der Waals surface area contributed by atoms with Crippen molar-refractivity contribution in [3.8, 4) is 0 Å². The highest BCUT2D eigenvalue weighted by atomic mass is 16.6. The number of aromatic nitrogens is 1. The molecule has 0 aliphatic carbocycles. The maximum atomic E-state index is 11.9. The minimum absolute atomic E-state index is 0.150. The van der Waals surface area contributed by atoms with Crippen LogP contribution in [0.15, 0.2) is 16.9 Å². The molecule has 0 spiro atoms. The number of carbonyl (C=O) groups is 1. The summed E-state index contributed by atoms with van der Waals surface area (Å²) in [4.78, 5) is 19.1. The van der Waals surface area contributed by atoms with Gasteiger partial charge < -0.3 is 19.1 Å². The monoisotopic (exact) mass is 376 g/mol. The average molecular weight is 377 g/mol. The molecule has 0 aromatic carbocycles. The van der Waals surface area contributed by atoms with Gasteiger partial charge in [0.1, 0.15) is 12.0 Å². The Hall–Kier alpha value is -1.60. The van der Waals surface area contributed by atoms with E-state index in [1.54, 1.807) is 6.26 Å². The first-order valence-electron chi connectivity index (χ1n) is 10.6. The Bertz CT molecular complexity index is 592. The summed E-state index contributed by atoms with van der Waals surface area (Å²) in [5, 5.41) is 4.20. The van der Waals surface area contributed by atoms with Gasteiger partial charge in [0.05, 0.1) is 12.6 Å². The van der Waals surface area contributed by atoms with Crippen molar-refractivity contribution in [2.75, 3.05) is 39.3 Å². The lowest BCUT2D eigenvalue weighted by Gasteiger charge is -2.44. The quantitative estimate of drug-likeness (QED) is 0.805. The van der Waals surface area contributed by atoms with Gasteiger partial charge in [-0.25, -0.2) is 4.79 Å². The van der Waals surface area contributed by atoms with E-state index in [1.807, 2.05) is 17.9 Å². The van der Waals surface area contributed by atoms with Gasteiger partial charge in [0.25, 0.3) is 0 Å². The Kier molecular flexibility index (Phi) is 5.98. The summed E-state index contributed by atoms with van der Waals surface area (Å²) >= 11 is 0. The van der Waals surface area contributed by atoms with E-state index in [-0.39, 0.29) is 6.09 Å². The molecule has 3 saturated heterocycles. The number of ether oxygens (including phenoxy) is 1. The Morgan fingerprint density at radius 2 is 1.85 bits per heavy atom. The van der Waals surface area contributed by atoms with Gasteiger partial charge in [-0.05, 0) is 65.1 Å². The fourth-order valence-corrected chi connectivity index (χ4v) is 5.15. The van der Waals surface area contributed by atoms with Gasteiger partial charge in [-0.3, -0.25) is 4.90 Å². The molecule has 0 saturated carbocycles. The number of hydrogen-bond acceptors (Lipinski definition) is 6. The van der Waals surface area contributed by atoms with Crippen LogP contribution < -0.4 is 0 Å². The molecule has 1 unspecified atom stereocenters. The lowest BCUT2D eigenvalue weighted by Crippen LogP contribution is -2.51. The third kappa shape index (κ3) is 4.14. The summed E-state index contributed by atoms with van der Waals surface area (Å²) in [5.74, 6) is 0. The van der Waals surface area contributed by atoms with Gasteiger partial charge in [-0.1, -0.05) is 5.16 Å². The van der Waals surface area contributed by atoms with E-state index in [4.69, 9.17) is 9.26 Å². The zero-order valence-corrected chi connectivity index (χ0v) is 16.4. The molecule has 3 fully saturated rings. The zero-order chi connectivity index (χ0) is 18.6. The second-order valence-corrected chi connectivity index (χ2v) is 8.00. The predicted molar refractivity (Wildman–Crippen MR) is 101 cm³/mol. The van der Waals surface area contributed by atoms with Crippen LogP contribution in [0.4, 0.5) is 4.79 Å². The topological polar surface area (TPSA) is 62.1 Å². The lowest BCUT2D eigenvalue weighted by atomic mass is 9.96.